The molecule has 2 aromatic rings. The Hall–Kier alpha value is -3.47. The van der Waals surface area contributed by atoms with E-state index < -0.39 is 29.7 Å². The molecule has 0 spiro atoms. The van der Waals surface area contributed by atoms with E-state index >= 15 is 0 Å². The second-order valence-corrected chi connectivity index (χ2v) is 8.59. The fourth-order valence-corrected chi connectivity index (χ4v) is 3.81. The number of aromatic nitrogens is 2. The highest BCUT2D eigenvalue weighted by molar-refractivity contribution is 6.32. The molecule has 1 aromatic carbocycles. The van der Waals surface area contributed by atoms with Crippen molar-refractivity contribution >= 4 is 35.0 Å². The van der Waals surface area contributed by atoms with Gasteiger partial charge in [0.05, 0.1) is 23.8 Å². The molecule has 2 rings (SSSR count). The number of carbonyl (C=O) groups excluding carboxylic acids is 2. The number of aromatic amines is 1. The fraction of sp³-hybridized carbons (Fsp3) is 0.520. The zero-order valence-corrected chi connectivity index (χ0v) is 22.5. The zero-order chi connectivity index (χ0) is 27.5. The minimum absolute atomic E-state index is 0.0686. The normalized spacial score (nSPS) is 10.7. The van der Waals surface area contributed by atoms with Gasteiger partial charge in [-0.25, -0.2) is 9.59 Å². The van der Waals surface area contributed by atoms with Gasteiger partial charge in [0.25, 0.3) is 11.5 Å². The Bertz CT molecular complexity index is 1210. The monoisotopic (exact) mass is 538 g/mol. The van der Waals surface area contributed by atoms with Crippen LogP contribution in [0, 0.1) is 0 Å². The Balaban J connectivity index is 2.31. The molecule has 0 bridgehead atoms. The predicted octanol–water partition coefficient (Wildman–Crippen LogP) is 3.36. The molecule has 0 atom stereocenters. The van der Waals surface area contributed by atoms with Gasteiger partial charge in [0, 0.05) is 13.1 Å². The van der Waals surface area contributed by atoms with Gasteiger partial charge in [-0.05, 0) is 38.3 Å². The van der Waals surface area contributed by atoms with Crippen molar-refractivity contribution in [3.05, 3.63) is 43.6 Å². The number of nitrogens with one attached hydrogen (secondary N) is 1. The highest BCUT2D eigenvalue weighted by Crippen LogP contribution is 2.37. The van der Waals surface area contributed by atoms with Crippen molar-refractivity contribution in [2.24, 2.45) is 0 Å². The van der Waals surface area contributed by atoms with Gasteiger partial charge < -0.3 is 24.8 Å². The summed E-state index contributed by atoms with van der Waals surface area (Å²) in [6.07, 6.45) is 2.62. The zero-order valence-electron chi connectivity index (χ0n) is 21.7. The van der Waals surface area contributed by atoms with Crippen molar-refractivity contribution in [1.29, 1.82) is 0 Å². The Labute approximate surface area is 220 Å². The minimum Gasteiger partial charge on any atom is -0.490 e. The van der Waals surface area contributed by atoms with Gasteiger partial charge in [-0.2, -0.15) is 0 Å². The van der Waals surface area contributed by atoms with Crippen molar-refractivity contribution in [2.75, 3.05) is 37.0 Å². The highest BCUT2D eigenvalue weighted by Gasteiger charge is 2.25. The van der Waals surface area contributed by atoms with Crippen LogP contribution in [-0.2, 0) is 16.1 Å². The van der Waals surface area contributed by atoms with Crippen LogP contribution < -0.4 is 31.4 Å². The summed E-state index contributed by atoms with van der Waals surface area (Å²) >= 11 is 6.32. The molecule has 204 valence electrons. The molecule has 0 saturated heterocycles. The van der Waals surface area contributed by atoms with Gasteiger partial charge in [0.1, 0.15) is 5.82 Å². The van der Waals surface area contributed by atoms with Gasteiger partial charge in [-0.15, -0.1) is 0 Å². The van der Waals surface area contributed by atoms with Crippen LogP contribution in [0.3, 0.4) is 0 Å². The number of unbranched alkanes of at least 4 members (excludes halogenated alkanes) is 1. The molecule has 3 N–H and O–H groups in total. The Morgan fingerprint density at radius 3 is 2.43 bits per heavy atom. The van der Waals surface area contributed by atoms with Crippen molar-refractivity contribution in [3.8, 4) is 11.5 Å². The standard InChI is InChI=1S/C25H35ClN4O7/c1-5-9-11-29(20-22(27)30(10-6-2)25(34)28-23(20)32)19(31)15-37-24(33)16-13-17(26)21(36-12-7-3)18(14-16)35-8-4/h13-14H,5-12,15,27H2,1-4H3,(H,28,32,34). The summed E-state index contributed by atoms with van der Waals surface area (Å²) in [5, 5.41) is 0.166. The maximum Gasteiger partial charge on any atom is 0.338 e. The number of nitrogen functional groups attached to an aromatic ring is 1. The molecule has 0 saturated carbocycles. The second-order valence-electron chi connectivity index (χ2n) is 8.19. The average Bonchev–Trinajstić information content (AvgIpc) is 2.86. The van der Waals surface area contributed by atoms with Crippen LogP contribution >= 0.6 is 11.6 Å². The summed E-state index contributed by atoms with van der Waals surface area (Å²) < 4.78 is 17.7. The summed E-state index contributed by atoms with van der Waals surface area (Å²) in [5.41, 5.74) is 4.61. The van der Waals surface area contributed by atoms with E-state index in [0.29, 0.717) is 31.8 Å². The van der Waals surface area contributed by atoms with Crippen LogP contribution in [-0.4, -0.2) is 47.8 Å². The highest BCUT2D eigenvalue weighted by atomic mass is 35.5. The molecule has 0 fully saturated rings. The van der Waals surface area contributed by atoms with Crippen molar-refractivity contribution in [2.45, 2.75) is 59.9 Å². The van der Waals surface area contributed by atoms with Crippen LogP contribution in [0.25, 0.3) is 0 Å². The van der Waals surface area contributed by atoms with Crippen molar-refractivity contribution < 1.29 is 23.8 Å². The second kappa shape index (κ2) is 14.3. The van der Waals surface area contributed by atoms with Crippen LogP contribution in [0.4, 0.5) is 11.5 Å². The molecule has 37 heavy (non-hydrogen) atoms. The molecule has 1 amide bonds. The van der Waals surface area contributed by atoms with Crippen LogP contribution in [0.5, 0.6) is 11.5 Å². The number of H-pyrrole nitrogens is 1. The lowest BCUT2D eigenvalue weighted by Crippen LogP contribution is -2.43. The van der Waals surface area contributed by atoms with E-state index in [1.165, 1.54) is 16.7 Å². The molecule has 0 radical (unpaired) electrons. The maximum absolute atomic E-state index is 13.1. The number of nitrogens with two attached hydrogens (primary N) is 1. The largest absolute Gasteiger partial charge is 0.490 e. The van der Waals surface area contributed by atoms with Gasteiger partial charge in [0.2, 0.25) is 0 Å². The Morgan fingerprint density at radius 2 is 1.81 bits per heavy atom. The summed E-state index contributed by atoms with van der Waals surface area (Å²) in [5.74, 6) is -1.00. The number of hydrogen-bond donors (Lipinski definition) is 2. The third-order valence-electron chi connectivity index (χ3n) is 5.29. The first-order valence-electron chi connectivity index (χ1n) is 12.4. The molecule has 12 heteroatoms. The summed E-state index contributed by atoms with van der Waals surface area (Å²) in [6, 6.07) is 2.81. The molecule has 0 aliphatic carbocycles. The molecule has 1 aromatic heterocycles. The molecule has 0 unspecified atom stereocenters. The van der Waals surface area contributed by atoms with Crippen molar-refractivity contribution in [3.63, 3.8) is 0 Å². The lowest BCUT2D eigenvalue weighted by atomic mass is 10.2. The number of benzene rings is 1. The smallest absolute Gasteiger partial charge is 0.338 e. The topological polar surface area (TPSA) is 146 Å². The predicted molar refractivity (Wildman–Crippen MR) is 142 cm³/mol. The first-order chi connectivity index (χ1) is 17.7. The number of amides is 1. The fourth-order valence-electron chi connectivity index (χ4n) is 3.54. The van der Waals surface area contributed by atoms with Gasteiger partial charge >= 0.3 is 11.7 Å². The minimum atomic E-state index is -0.813. The maximum atomic E-state index is 13.1. The number of carbonyl (C=O) groups is 2. The Kier molecular flexibility index (Phi) is 11.5. The lowest BCUT2D eigenvalue weighted by molar-refractivity contribution is -0.121. The van der Waals surface area contributed by atoms with E-state index in [4.69, 9.17) is 31.5 Å². The Morgan fingerprint density at radius 1 is 1.08 bits per heavy atom. The number of rotatable bonds is 14. The molecule has 0 aliphatic heterocycles. The van der Waals surface area contributed by atoms with E-state index in [1.54, 1.807) is 6.92 Å². The van der Waals surface area contributed by atoms with E-state index in [1.807, 2.05) is 20.8 Å². The van der Waals surface area contributed by atoms with E-state index in [9.17, 15) is 19.2 Å². The van der Waals surface area contributed by atoms with Crippen LogP contribution in [0.1, 0.15) is 63.7 Å². The van der Waals surface area contributed by atoms with E-state index in [2.05, 4.69) is 4.98 Å². The van der Waals surface area contributed by atoms with E-state index in [-0.39, 0.29) is 40.9 Å². The van der Waals surface area contributed by atoms with Crippen LogP contribution in [0.2, 0.25) is 5.02 Å². The lowest BCUT2D eigenvalue weighted by Gasteiger charge is -2.24. The summed E-state index contributed by atoms with van der Waals surface area (Å²) in [4.78, 5) is 54.1. The first-order valence-corrected chi connectivity index (χ1v) is 12.8. The quantitative estimate of drug-likeness (QED) is 0.348. The number of nitrogens with zero attached hydrogens (tertiary/aromatic N) is 2. The molecular weight excluding hydrogens is 504 g/mol. The molecule has 11 nitrogen and oxygen atoms in total. The summed E-state index contributed by atoms with van der Waals surface area (Å²) in [6.45, 7) is 7.98. The van der Waals surface area contributed by atoms with Gasteiger partial charge in [-0.1, -0.05) is 38.8 Å². The van der Waals surface area contributed by atoms with Crippen molar-refractivity contribution in [1.82, 2.24) is 9.55 Å². The average molecular weight is 539 g/mol. The van der Waals surface area contributed by atoms with Crippen LogP contribution in [0.15, 0.2) is 21.7 Å². The van der Waals surface area contributed by atoms with Gasteiger partial charge in [-0.3, -0.25) is 19.1 Å². The van der Waals surface area contributed by atoms with E-state index in [0.717, 1.165) is 17.7 Å². The number of esters is 1. The summed E-state index contributed by atoms with van der Waals surface area (Å²) in [7, 11) is 0. The number of ether oxygens (including phenoxy) is 3. The number of anilines is 2. The SMILES string of the molecule is CCCCN(C(=O)COC(=O)c1cc(Cl)c(OCCC)c(OCC)c1)c1c(N)n(CCC)c(=O)[nH]c1=O. The number of halogens is 1. The van der Waals surface area contributed by atoms with Gasteiger partial charge in [0.15, 0.2) is 23.8 Å². The molecule has 0 aliphatic rings. The number of hydrogen-bond acceptors (Lipinski definition) is 8. The molecule has 1 heterocycles. The molecular formula is C25H35ClN4O7. The third-order valence-corrected chi connectivity index (χ3v) is 5.57. The first kappa shape index (κ1) is 29.8. The third kappa shape index (κ3) is 7.51.